The van der Waals surface area contributed by atoms with Gasteiger partial charge in [-0.25, -0.2) is 0 Å². The fourth-order valence-electron chi connectivity index (χ4n) is 2.38. The van der Waals surface area contributed by atoms with E-state index in [9.17, 15) is 9.90 Å². The molecule has 0 radical (unpaired) electrons. The van der Waals surface area contributed by atoms with Gasteiger partial charge in [-0.15, -0.1) is 0 Å². The van der Waals surface area contributed by atoms with Gasteiger partial charge in [-0.05, 0) is 41.3 Å². The van der Waals surface area contributed by atoms with Gasteiger partial charge in [0, 0.05) is 6.54 Å². The lowest BCUT2D eigenvalue weighted by Crippen LogP contribution is -2.40. The number of hydrogen-bond donors (Lipinski definition) is 2. The standard InChI is InChI=1S/C19H21Cl2NO3/c1-12(2)18(19(23)24)22-10-13-4-3-5-15(8-13)25-11-14-6-7-16(20)17(21)9-14/h3-9,12,18,22H,10-11H2,1-2H3,(H,23,24). The van der Waals surface area contributed by atoms with Gasteiger partial charge >= 0.3 is 5.97 Å². The predicted octanol–water partition coefficient (Wildman–Crippen LogP) is 4.77. The van der Waals surface area contributed by atoms with Crippen molar-refractivity contribution < 1.29 is 14.6 Å². The Morgan fingerprint density at radius 2 is 1.88 bits per heavy atom. The normalized spacial score (nSPS) is 12.2. The topological polar surface area (TPSA) is 58.6 Å². The second-order valence-corrected chi connectivity index (χ2v) is 6.94. The van der Waals surface area contributed by atoms with Crippen molar-refractivity contribution in [1.29, 1.82) is 0 Å². The summed E-state index contributed by atoms with van der Waals surface area (Å²) < 4.78 is 5.78. The number of carboxylic acids is 1. The fraction of sp³-hybridized carbons (Fsp3) is 0.316. The first-order chi connectivity index (χ1) is 11.9. The van der Waals surface area contributed by atoms with Crippen LogP contribution in [0.5, 0.6) is 5.75 Å². The molecular weight excluding hydrogens is 361 g/mol. The summed E-state index contributed by atoms with van der Waals surface area (Å²) in [6.07, 6.45) is 0. The summed E-state index contributed by atoms with van der Waals surface area (Å²) in [5, 5.41) is 13.3. The molecular formula is C19H21Cl2NO3. The van der Waals surface area contributed by atoms with Gasteiger partial charge in [0.05, 0.1) is 10.0 Å². The SMILES string of the molecule is CC(C)C(NCc1cccc(OCc2ccc(Cl)c(Cl)c2)c1)C(=O)O. The maximum absolute atomic E-state index is 11.2. The highest BCUT2D eigenvalue weighted by molar-refractivity contribution is 6.42. The minimum Gasteiger partial charge on any atom is -0.489 e. The molecule has 0 saturated heterocycles. The molecule has 0 amide bonds. The van der Waals surface area contributed by atoms with Gasteiger partial charge < -0.3 is 15.2 Å². The van der Waals surface area contributed by atoms with Gasteiger partial charge in [-0.3, -0.25) is 4.79 Å². The van der Waals surface area contributed by atoms with Crippen LogP contribution in [-0.4, -0.2) is 17.1 Å². The molecule has 0 aromatic heterocycles. The van der Waals surface area contributed by atoms with Crippen molar-refractivity contribution in [2.24, 2.45) is 5.92 Å². The average molecular weight is 382 g/mol. The van der Waals surface area contributed by atoms with Gasteiger partial charge in [-0.1, -0.05) is 55.2 Å². The van der Waals surface area contributed by atoms with Crippen LogP contribution in [0.25, 0.3) is 0 Å². The highest BCUT2D eigenvalue weighted by Gasteiger charge is 2.20. The Morgan fingerprint density at radius 3 is 2.52 bits per heavy atom. The summed E-state index contributed by atoms with van der Waals surface area (Å²) in [7, 11) is 0. The van der Waals surface area contributed by atoms with Crippen LogP contribution in [0.1, 0.15) is 25.0 Å². The molecule has 0 saturated carbocycles. The van der Waals surface area contributed by atoms with Crippen LogP contribution in [0.15, 0.2) is 42.5 Å². The van der Waals surface area contributed by atoms with Gasteiger partial charge in [0.1, 0.15) is 18.4 Å². The molecule has 0 aliphatic carbocycles. The quantitative estimate of drug-likeness (QED) is 0.691. The third-order valence-corrected chi connectivity index (χ3v) is 4.49. The molecule has 134 valence electrons. The van der Waals surface area contributed by atoms with E-state index in [0.29, 0.717) is 28.9 Å². The lowest BCUT2D eigenvalue weighted by atomic mass is 10.0. The number of hydrogen-bond acceptors (Lipinski definition) is 3. The van der Waals surface area contributed by atoms with Crippen molar-refractivity contribution in [2.45, 2.75) is 33.0 Å². The van der Waals surface area contributed by atoms with Crippen molar-refractivity contribution in [2.75, 3.05) is 0 Å². The number of benzene rings is 2. The number of carboxylic acid groups (broad SMARTS) is 1. The van der Waals surface area contributed by atoms with Gasteiger partial charge in [0.25, 0.3) is 0 Å². The molecule has 2 rings (SSSR count). The Morgan fingerprint density at radius 1 is 1.12 bits per heavy atom. The number of ether oxygens (including phenoxy) is 1. The summed E-state index contributed by atoms with van der Waals surface area (Å²) in [4.78, 5) is 11.2. The van der Waals surface area contributed by atoms with Crippen LogP contribution >= 0.6 is 23.2 Å². The molecule has 2 aromatic rings. The van der Waals surface area contributed by atoms with Gasteiger partial charge in [0.2, 0.25) is 0 Å². The zero-order valence-electron chi connectivity index (χ0n) is 14.1. The first-order valence-corrected chi connectivity index (χ1v) is 8.74. The molecule has 4 nitrogen and oxygen atoms in total. The average Bonchev–Trinajstić information content (AvgIpc) is 2.56. The van der Waals surface area contributed by atoms with E-state index >= 15 is 0 Å². The Labute approximate surface area is 157 Å². The van der Waals surface area contributed by atoms with E-state index in [0.717, 1.165) is 11.1 Å². The van der Waals surface area contributed by atoms with Crippen molar-refractivity contribution in [3.05, 3.63) is 63.6 Å². The summed E-state index contributed by atoms with van der Waals surface area (Å²) in [6.45, 7) is 4.59. The molecule has 0 heterocycles. The Hall–Kier alpha value is -1.75. The van der Waals surface area contributed by atoms with E-state index in [1.165, 1.54) is 0 Å². The molecule has 2 aromatic carbocycles. The maximum Gasteiger partial charge on any atom is 0.320 e. The molecule has 25 heavy (non-hydrogen) atoms. The summed E-state index contributed by atoms with van der Waals surface area (Å²) in [5.41, 5.74) is 1.88. The van der Waals surface area contributed by atoms with E-state index in [-0.39, 0.29) is 5.92 Å². The smallest absolute Gasteiger partial charge is 0.320 e. The zero-order valence-corrected chi connectivity index (χ0v) is 15.6. The van der Waals surface area contributed by atoms with Crippen molar-refractivity contribution in [1.82, 2.24) is 5.32 Å². The molecule has 2 N–H and O–H groups in total. The summed E-state index contributed by atoms with van der Waals surface area (Å²) in [5.74, 6) is -0.129. The monoisotopic (exact) mass is 381 g/mol. The predicted molar refractivity (Wildman–Crippen MR) is 100 cm³/mol. The Bertz CT molecular complexity index is 734. The van der Waals surface area contributed by atoms with Crippen LogP contribution in [-0.2, 0) is 17.9 Å². The molecule has 0 aliphatic rings. The molecule has 0 fully saturated rings. The van der Waals surface area contributed by atoms with Crippen LogP contribution in [0.4, 0.5) is 0 Å². The number of nitrogens with one attached hydrogen (secondary N) is 1. The summed E-state index contributed by atoms with van der Waals surface area (Å²) in [6, 6.07) is 12.4. The van der Waals surface area contributed by atoms with Crippen molar-refractivity contribution >= 4 is 29.2 Å². The van der Waals surface area contributed by atoms with Crippen molar-refractivity contribution in [3.63, 3.8) is 0 Å². The molecule has 0 bridgehead atoms. The van der Waals surface area contributed by atoms with E-state index in [2.05, 4.69) is 5.32 Å². The van der Waals surface area contributed by atoms with Crippen LogP contribution < -0.4 is 10.1 Å². The van der Waals surface area contributed by atoms with Gasteiger partial charge in [0.15, 0.2) is 0 Å². The second-order valence-electron chi connectivity index (χ2n) is 6.13. The maximum atomic E-state index is 11.2. The largest absolute Gasteiger partial charge is 0.489 e. The lowest BCUT2D eigenvalue weighted by molar-refractivity contribution is -0.140. The molecule has 6 heteroatoms. The minimum atomic E-state index is -0.845. The van der Waals surface area contributed by atoms with E-state index < -0.39 is 12.0 Å². The molecule has 0 spiro atoms. The minimum absolute atomic E-state index is 0.00610. The Balaban J connectivity index is 1.96. The molecule has 1 unspecified atom stereocenters. The number of rotatable bonds is 8. The number of carbonyl (C=O) groups is 1. The fourth-order valence-corrected chi connectivity index (χ4v) is 2.70. The third kappa shape index (κ3) is 5.92. The van der Waals surface area contributed by atoms with E-state index in [1.807, 2.05) is 44.2 Å². The van der Waals surface area contributed by atoms with Crippen molar-refractivity contribution in [3.8, 4) is 5.75 Å². The van der Waals surface area contributed by atoms with E-state index in [1.54, 1.807) is 12.1 Å². The highest BCUT2D eigenvalue weighted by atomic mass is 35.5. The first kappa shape index (κ1) is 19.6. The second kappa shape index (κ2) is 9.09. The number of halogens is 2. The summed E-state index contributed by atoms with van der Waals surface area (Å²) >= 11 is 11.9. The lowest BCUT2D eigenvalue weighted by Gasteiger charge is -2.18. The van der Waals surface area contributed by atoms with Gasteiger partial charge in [-0.2, -0.15) is 0 Å². The van der Waals surface area contributed by atoms with E-state index in [4.69, 9.17) is 27.9 Å². The first-order valence-electron chi connectivity index (χ1n) is 7.98. The van der Waals surface area contributed by atoms with Crippen LogP contribution in [0.2, 0.25) is 10.0 Å². The molecule has 1 atom stereocenters. The van der Waals surface area contributed by atoms with Crippen LogP contribution in [0, 0.1) is 5.92 Å². The number of aliphatic carboxylic acids is 1. The van der Waals surface area contributed by atoms with Crippen LogP contribution in [0.3, 0.4) is 0 Å². The molecule has 0 aliphatic heterocycles. The Kier molecular flexibility index (Phi) is 7.12. The third-order valence-electron chi connectivity index (χ3n) is 3.75. The highest BCUT2D eigenvalue weighted by Crippen LogP contribution is 2.23. The zero-order chi connectivity index (χ0) is 18.4.